The molecule has 3 nitrogen and oxygen atoms in total. The lowest BCUT2D eigenvalue weighted by molar-refractivity contribution is 0.339. The number of methoxy groups -OCH3 is 2. The first-order valence-electron chi connectivity index (χ1n) is 6.89. The number of benzene rings is 1. The van der Waals surface area contributed by atoms with Crippen molar-refractivity contribution in [1.29, 1.82) is 0 Å². The summed E-state index contributed by atoms with van der Waals surface area (Å²) in [5.74, 6) is 1.69. The molecule has 0 spiro atoms. The molecule has 0 amide bonds. The zero-order chi connectivity index (χ0) is 13.8. The summed E-state index contributed by atoms with van der Waals surface area (Å²) in [6, 6.07) is 2.38. The van der Waals surface area contributed by atoms with E-state index in [2.05, 4.69) is 28.2 Å². The molecule has 1 N–H and O–H groups in total. The zero-order valence-electron chi connectivity index (χ0n) is 11.9. The summed E-state index contributed by atoms with van der Waals surface area (Å²) in [5, 5.41) is 3.62. The average Bonchev–Trinajstić information content (AvgIpc) is 2.44. The van der Waals surface area contributed by atoms with Crippen LogP contribution >= 0.6 is 15.9 Å². The highest BCUT2D eigenvalue weighted by Gasteiger charge is 2.27. The molecule has 0 radical (unpaired) electrons. The largest absolute Gasteiger partial charge is 0.493 e. The van der Waals surface area contributed by atoms with Crippen molar-refractivity contribution in [2.75, 3.05) is 20.8 Å². The maximum atomic E-state index is 5.61. The fourth-order valence-corrected chi connectivity index (χ4v) is 3.42. The highest BCUT2D eigenvalue weighted by atomic mass is 79.9. The molecular weight excluding hydrogens is 306 g/mol. The zero-order valence-corrected chi connectivity index (χ0v) is 13.5. The Bertz CT molecular complexity index is 448. The van der Waals surface area contributed by atoms with Crippen LogP contribution in [0.2, 0.25) is 0 Å². The molecule has 1 aliphatic carbocycles. The Labute approximate surface area is 123 Å². The van der Waals surface area contributed by atoms with Crippen molar-refractivity contribution >= 4 is 15.9 Å². The van der Waals surface area contributed by atoms with Gasteiger partial charge in [-0.3, -0.25) is 0 Å². The number of ether oxygens (including phenoxy) is 2. The van der Waals surface area contributed by atoms with Crippen LogP contribution in [0.1, 0.15) is 43.4 Å². The third kappa shape index (κ3) is 2.90. The van der Waals surface area contributed by atoms with Gasteiger partial charge in [-0.05, 0) is 43.9 Å². The van der Waals surface area contributed by atoms with Crippen molar-refractivity contribution in [3.8, 4) is 11.5 Å². The molecule has 0 saturated carbocycles. The Morgan fingerprint density at radius 3 is 2.79 bits per heavy atom. The molecule has 0 aliphatic heterocycles. The van der Waals surface area contributed by atoms with E-state index in [-0.39, 0.29) is 0 Å². The predicted molar refractivity (Wildman–Crippen MR) is 81.2 cm³/mol. The summed E-state index contributed by atoms with van der Waals surface area (Å²) in [6.07, 6.45) is 4.60. The standard InChI is InChI=1S/C15H22BrNO2/c1-4-8-17-12-7-5-6-10-11(16)9-13(18-2)15(19-3)14(10)12/h9,12,17H,4-8H2,1-3H3. The van der Waals surface area contributed by atoms with Gasteiger partial charge < -0.3 is 14.8 Å². The quantitative estimate of drug-likeness (QED) is 0.891. The first-order chi connectivity index (χ1) is 9.22. The minimum Gasteiger partial charge on any atom is -0.493 e. The minimum absolute atomic E-state index is 0.366. The molecule has 0 fully saturated rings. The number of fused-ring (bicyclic) bond motifs is 1. The molecular formula is C15H22BrNO2. The number of rotatable bonds is 5. The second-order valence-electron chi connectivity index (χ2n) is 4.89. The van der Waals surface area contributed by atoms with Crippen LogP contribution in [-0.4, -0.2) is 20.8 Å². The van der Waals surface area contributed by atoms with E-state index in [0.29, 0.717) is 6.04 Å². The molecule has 1 aromatic rings. The van der Waals surface area contributed by atoms with Crippen LogP contribution < -0.4 is 14.8 Å². The van der Waals surface area contributed by atoms with Crippen LogP contribution in [-0.2, 0) is 6.42 Å². The van der Waals surface area contributed by atoms with Gasteiger partial charge in [0, 0.05) is 16.1 Å². The van der Waals surface area contributed by atoms with Gasteiger partial charge in [-0.25, -0.2) is 0 Å². The molecule has 2 rings (SSSR count). The van der Waals surface area contributed by atoms with Crippen molar-refractivity contribution in [2.24, 2.45) is 0 Å². The first-order valence-corrected chi connectivity index (χ1v) is 7.68. The van der Waals surface area contributed by atoms with Crippen LogP contribution in [0, 0.1) is 0 Å². The normalized spacial score (nSPS) is 18.0. The number of nitrogens with one attached hydrogen (secondary N) is 1. The topological polar surface area (TPSA) is 30.5 Å². The molecule has 19 heavy (non-hydrogen) atoms. The van der Waals surface area contributed by atoms with Crippen LogP contribution in [0.25, 0.3) is 0 Å². The molecule has 1 aromatic carbocycles. The second kappa shape index (κ2) is 6.62. The maximum Gasteiger partial charge on any atom is 0.165 e. The average molecular weight is 328 g/mol. The van der Waals surface area contributed by atoms with Crippen LogP contribution in [0.15, 0.2) is 10.5 Å². The summed E-state index contributed by atoms with van der Waals surface area (Å²) in [6.45, 7) is 3.22. The van der Waals surface area contributed by atoms with Gasteiger partial charge in [0.05, 0.1) is 14.2 Å². The lowest BCUT2D eigenvalue weighted by Crippen LogP contribution is -2.26. The van der Waals surface area contributed by atoms with Crippen molar-refractivity contribution in [1.82, 2.24) is 5.32 Å². The van der Waals surface area contributed by atoms with E-state index in [9.17, 15) is 0 Å². The Balaban J connectivity index is 2.48. The van der Waals surface area contributed by atoms with Gasteiger partial charge >= 0.3 is 0 Å². The maximum absolute atomic E-state index is 5.61. The van der Waals surface area contributed by atoms with Crippen LogP contribution in [0.4, 0.5) is 0 Å². The molecule has 0 bridgehead atoms. The third-order valence-corrected chi connectivity index (χ3v) is 4.38. The van der Waals surface area contributed by atoms with E-state index >= 15 is 0 Å². The summed E-state index contributed by atoms with van der Waals surface area (Å²) < 4.78 is 12.2. The van der Waals surface area contributed by atoms with Crippen LogP contribution in [0.3, 0.4) is 0 Å². The van der Waals surface area contributed by atoms with E-state index in [0.717, 1.165) is 41.8 Å². The summed E-state index contributed by atoms with van der Waals surface area (Å²) >= 11 is 3.67. The van der Waals surface area contributed by atoms with E-state index in [1.807, 2.05) is 6.07 Å². The van der Waals surface area contributed by atoms with Crippen molar-refractivity contribution < 1.29 is 9.47 Å². The minimum atomic E-state index is 0.366. The van der Waals surface area contributed by atoms with Crippen LogP contribution in [0.5, 0.6) is 11.5 Å². The lowest BCUT2D eigenvalue weighted by Gasteiger charge is -2.30. The molecule has 106 valence electrons. The molecule has 1 atom stereocenters. The van der Waals surface area contributed by atoms with Gasteiger partial charge in [0.2, 0.25) is 0 Å². The monoisotopic (exact) mass is 327 g/mol. The molecule has 0 saturated heterocycles. The highest BCUT2D eigenvalue weighted by molar-refractivity contribution is 9.10. The Kier molecular flexibility index (Phi) is 5.11. The number of hydrogen-bond donors (Lipinski definition) is 1. The van der Waals surface area contributed by atoms with Crippen molar-refractivity contribution in [3.63, 3.8) is 0 Å². The van der Waals surface area contributed by atoms with E-state index in [1.165, 1.54) is 17.5 Å². The predicted octanol–water partition coefficient (Wildman–Crippen LogP) is 3.84. The fraction of sp³-hybridized carbons (Fsp3) is 0.600. The SMILES string of the molecule is CCCNC1CCCc2c(Br)cc(OC)c(OC)c21. The van der Waals surface area contributed by atoms with Gasteiger partial charge in [-0.2, -0.15) is 0 Å². The molecule has 4 heteroatoms. The third-order valence-electron chi connectivity index (χ3n) is 3.67. The Morgan fingerprint density at radius 1 is 1.37 bits per heavy atom. The van der Waals surface area contributed by atoms with Crippen molar-refractivity contribution in [2.45, 2.75) is 38.6 Å². The van der Waals surface area contributed by atoms with E-state index in [4.69, 9.17) is 9.47 Å². The first kappa shape index (κ1) is 14.7. The lowest BCUT2D eigenvalue weighted by atomic mass is 9.86. The second-order valence-corrected chi connectivity index (χ2v) is 5.74. The summed E-state index contributed by atoms with van der Waals surface area (Å²) in [7, 11) is 3.41. The van der Waals surface area contributed by atoms with E-state index < -0.39 is 0 Å². The number of halogens is 1. The van der Waals surface area contributed by atoms with Crippen molar-refractivity contribution in [3.05, 3.63) is 21.7 Å². The molecule has 0 aromatic heterocycles. The smallest absolute Gasteiger partial charge is 0.165 e. The van der Waals surface area contributed by atoms with Gasteiger partial charge in [0.25, 0.3) is 0 Å². The summed E-state index contributed by atoms with van der Waals surface area (Å²) in [4.78, 5) is 0. The van der Waals surface area contributed by atoms with Gasteiger partial charge in [0.15, 0.2) is 11.5 Å². The van der Waals surface area contributed by atoms with Gasteiger partial charge in [0.1, 0.15) is 0 Å². The van der Waals surface area contributed by atoms with E-state index in [1.54, 1.807) is 14.2 Å². The summed E-state index contributed by atoms with van der Waals surface area (Å²) in [5.41, 5.74) is 2.63. The number of hydrogen-bond acceptors (Lipinski definition) is 3. The fourth-order valence-electron chi connectivity index (χ4n) is 2.80. The van der Waals surface area contributed by atoms with Gasteiger partial charge in [-0.1, -0.05) is 22.9 Å². The van der Waals surface area contributed by atoms with Gasteiger partial charge in [-0.15, -0.1) is 0 Å². The molecule has 1 aliphatic rings. The Hall–Kier alpha value is -0.740. The molecule has 1 unspecified atom stereocenters. The molecule has 0 heterocycles. The Morgan fingerprint density at radius 2 is 2.16 bits per heavy atom. The highest BCUT2D eigenvalue weighted by Crippen LogP contribution is 2.45.